The highest BCUT2D eigenvalue weighted by Crippen LogP contribution is 2.18. The van der Waals surface area contributed by atoms with Gasteiger partial charge < -0.3 is 14.2 Å². The summed E-state index contributed by atoms with van der Waals surface area (Å²) in [6.45, 7) is 6.35. The van der Waals surface area contributed by atoms with Gasteiger partial charge in [-0.25, -0.2) is 0 Å². The second kappa shape index (κ2) is 70.3. The second-order valence-electron chi connectivity index (χ2n) is 23.0. The fraction of sp³-hybridized carbons (Fsp3) is 0.701. The third-order valence-electron chi connectivity index (χ3n) is 15.0. The van der Waals surface area contributed by atoms with Crippen molar-refractivity contribution in [2.45, 2.75) is 335 Å². The van der Waals surface area contributed by atoms with Gasteiger partial charge in [-0.2, -0.15) is 0 Å². The maximum absolute atomic E-state index is 12.9. The summed E-state index contributed by atoms with van der Waals surface area (Å²) >= 11 is 0. The van der Waals surface area contributed by atoms with Crippen molar-refractivity contribution in [1.29, 1.82) is 0 Å². The zero-order valence-corrected chi connectivity index (χ0v) is 54.4. The molecule has 0 spiro atoms. The molecule has 83 heavy (non-hydrogen) atoms. The molecule has 0 aromatic heterocycles. The Hall–Kier alpha value is -4.19. The number of carbonyl (C=O) groups excluding carboxylic acids is 3. The van der Waals surface area contributed by atoms with Crippen LogP contribution in [0.25, 0.3) is 0 Å². The van der Waals surface area contributed by atoms with Crippen molar-refractivity contribution in [2.24, 2.45) is 0 Å². The minimum absolute atomic E-state index is 0.122. The van der Waals surface area contributed by atoms with Gasteiger partial charge in [-0.1, -0.05) is 335 Å². The molecule has 0 aliphatic carbocycles. The zero-order chi connectivity index (χ0) is 59.9. The van der Waals surface area contributed by atoms with E-state index in [1.807, 2.05) is 6.08 Å². The van der Waals surface area contributed by atoms with Crippen LogP contribution in [0.5, 0.6) is 0 Å². The van der Waals surface area contributed by atoms with Crippen LogP contribution in [-0.2, 0) is 28.6 Å². The number of allylic oxidation sites excluding steroid dienone is 20. The van der Waals surface area contributed by atoms with E-state index in [4.69, 9.17) is 14.2 Å². The lowest BCUT2D eigenvalue weighted by Gasteiger charge is -2.18. The first-order valence-electron chi connectivity index (χ1n) is 35.0. The Labute approximate surface area is 513 Å². The van der Waals surface area contributed by atoms with E-state index in [0.717, 1.165) is 96.3 Å². The molecule has 0 saturated carbocycles. The molecular weight excluding hydrogens is 1020 g/mol. The summed E-state index contributed by atoms with van der Waals surface area (Å²) in [5.41, 5.74) is 0. The summed E-state index contributed by atoms with van der Waals surface area (Å²) in [4.78, 5) is 38.3. The maximum Gasteiger partial charge on any atom is 0.306 e. The largest absolute Gasteiger partial charge is 0.462 e. The molecule has 0 aliphatic rings. The molecule has 0 radical (unpaired) electrons. The fourth-order valence-electron chi connectivity index (χ4n) is 9.82. The lowest BCUT2D eigenvalue weighted by Crippen LogP contribution is -2.30. The molecule has 1 atom stereocenters. The average molecular weight is 1150 g/mol. The fourth-order valence-corrected chi connectivity index (χ4v) is 9.82. The quantitative estimate of drug-likeness (QED) is 0.0261. The molecular formula is C77H130O6. The van der Waals surface area contributed by atoms with Crippen LogP contribution in [0.4, 0.5) is 0 Å². The van der Waals surface area contributed by atoms with E-state index in [0.29, 0.717) is 19.3 Å². The molecule has 6 heteroatoms. The van der Waals surface area contributed by atoms with Gasteiger partial charge in [0, 0.05) is 19.3 Å². The van der Waals surface area contributed by atoms with Crippen LogP contribution < -0.4 is 0 Å². The number of ether oxygens (including phenoxy) is 3. The summed E-state index contributed by atoms with van der Waals surface area (Å²) < 4.78 is 16.8. The number of unbranched alkanes of at least 4 members (excludes halogenated alkanes) is 32. The van der Waals surface area contributed by atoms with Gasteiger partial charge in [0.2, 0.25) is 0 Å². The summed E-state index contributed by atoms with van der Waals surface area (Å²) in [6.07, 6.45) is 98.4. The first-order chi connectivity index (χ1) is 41.0. The van der Waals surface area contributed by atoms with Gasteiger partial charge in [-0.3, -0.25) is 14.4 Å². The van der Waals surface area contributed by atoms with Crippen molar-refractivity contribution in [3.05, 3.63) is 122 Å². The zero-order valence-electron chi connectivity index (χ0n) is 54.4. The summed E-state index contributed by atoms with van der Waals surface area (Å²) in [5.74, 6) is -1.04. The molecule has 0 aromatic rings. The van der Waals surface area contributed by atoms with Crippen LogP contribution in [-0.4, -0.2) is 37.2 Å². The number of rotatable bonds is 63. The minimum Gasteiger partial charge on any atom is -0.462 e. The van der Waals surface area contributed by atoms with Crippen LogP contribution in [0.15, 0.2) is 122 Å². The molecule has 0 rings (SSSR count). The van der Waals surface area contributed by atoms with E-state index >= 15 is 0 Å². The van der Waals surface area contributed by atoms with Gasteiger partial charge in [0.05, 0.1) is 0 Å². The Morgan fingerprint density at radius 3 is 0.783 bits per heavy atom. The Bertz CT molecular complexity index is 1700. The lowest BCUT2D eigenvalue weighted by atomic mass is 10.0. The smallest absolute Gasteiger partial charge is 0.306 e. The highest BCUT2D eigenvalue weighted by atomic mass is 16.6. The van der Waals surface area contributed by atoms with Crippen LogP contribution in [0.1, 0.15) is 329 Å². The molecule has 0 N–H and O–H groups in total. The van der Waals surface area contributed by atoms with Crippen molar-refractivity contribution in [3.8, 4) is 0 Å². The Morgan fingerprint density at radius 1 is 0.253 bits per heavy atom. The topological polar surface area (TPSA) is 78.9 Å². The number of hydrogen-bond donors (Lipinski definition) is 0. The van der Waals surface area contributed by atoms with Gasteiger partial charge in [0.15, 0.2) is 6.10 Å². The normalized spacial score (nSPS) is 12.9. The van der Waals surface area contributed by atoms with E-state index in [-0.39, 0.29) is 38.0 Å². The van der Waals surface area contributed by atoms with E-state index in [9.17, 15) is 14.4 Å². The molecule has 0 fully saturated rings. The first kappa shape index (κ1) is 78.8. The Kier molecular flexibility index (Phi) is 66.7. The third-order valence-corrected chi connectivity index (χ3v) is 15.0. The van der Waals surface area contributed by atoms with E-state index in [2.05, 4.69) is 136 Å². The summed E-state index contributed by atoms with van der Waals surface area (Å²) in [5, 5.41) is 0. The monoisotopic (exact) mass is 1150 g/mol. The van der Waals surface area contributed by atoms with Crippen molar-refractivity contribution >= 4 is 17.9 Å². The van der Waals surface area contributed by atoms with Crippen LogP contribution in [0, 0.1) is 0 Å². The molecule has 0 saturated heterocycles. The Balaban J connectivity index is 4.32. The molecule has 0 aromatic carbocycles. The maximum atomic E-state index is 12.9. The van der Waals surface area contributed by atoms with Crippen molar-refractivity contribution in [3.63, 3.8) is 0 Å². The van der Waals surface area contributed by atoms with Crippen molar-refractivity contribution in [2.75, 3.05) is 13.2 Å². The SMILES string of the molecule is CC/C=C\C/C=C\C/C=C\C/C=C\C/C=C\C/C=C\CCC(=O)OC(COC(=O)CCCC/C=C\C/C=C\C/C=C\C/C=C\CC)COC(=O)CCCCCCCCCCCCCCCCCCCCCCCCCCCCCCCCC. The predicted molar refractivity (Wildman–Crippen MR) is 362 cm³/mol. The van der Waals surface area contributed by atoms with Gasteiger partial charge in [-0.15, -0.1) is 0 Å². The van der Waals surface area contributed by atoms with Gasteiger partial charge >= 0.3 is 17.9 Å². The lowest BCUT2D eigenvalue weighted by molar-refractivity contribution is -0.166. The highest BCUT2D eigenvalue weighted by Gasteiger charge is 2.19. The molecule has 0 heterocycles. The molecule has 6 nitrogen and oxygen atoms in total. The first-order valence-corrected chi connectivity index (χ1v) is 35.0. The van der Waals surface area contributed by atoms with Crippen LogP contribution in [0.2, 0.25) is 0 Å². The molecule has 474 valence electrons. The Morgan fingerprint density at radius 2 is 0.494 bits per heavy atom. The highest BCUT2D eigenvalue weighted by molar-refractivity contribution is 5.71. The van der Waals surface area contributed by atoms with E-state index in [1.54, 1.807) is 0 Å². The molecule has 0 aliphatic heterocycles. The molecule has 0 amide bonds. The summed E-state index contributed by atoms with van der Waals surface area (Å²) in [6, 6.07) is 0. The van der Waals surface area contributed by atoms with Gasteiger partial charge in [0.1, 0.15) is 13.2 Å². The van der Waals surface area contributed by atoms with Crippen LogP contribution in [0.3, 0.4) is 0 Å². The number of hydrogen-bond acceptors (Lipinski definition) is 6. The van der Waals surface area contributed by atoms with Crippen LogP contribution >= 0.6 is 0 Å². The predicted octanol–water partition coefficient (Wildman–Crippen LogP) is 24.3. The molecule has 0 bridgehead atoms. The summed E-state index contributed by atoms with van der Waals surface area (Å²) in [7, 11) is 0. The minimum atomic E-state index is -0.839. The average Bonchev–Trinajstić information content (AvgIpc) is 3.49. The van der Waals surface area contributed by atoms with Crippen molar-refractivity contribution in [1.82, 2.24) is 0 Å². The van der Waals surface area contributed by atoms with Crippen molar-refractivity contribution < 1.29 is 28.6 Å². The molecule has 1 unspecified atom stereocenters. The van der Waals surface area contributed by atoms with Gasteiger partial charge in [-0.05, 0) is 96.3 Å². The second-order valence-corrected chi connectivity index (χ2v) is 23.0. The number of esters is 3. The van der Waals surface area contributed by atoms with E-state index < -0.39 is 12.1 Å². The van der Waals surface area contributed by atoms with Gasteiger partial charge in [0.25, 0.3) is 0 Å². The standard InChI is InChI=1S/C77H130O6/c1-4-7-10-13-16-19-22-25-28-30-32-33-34-35-36-37-38-39-40-41-42-43-45-46-49-52-55-58-61-64-67-70-76(79)82-73-74(72-81-75(78)69-66-63-60-57-54-51-48-27-24-21-18-15-12-9-6-3)83-77(80)71-68-65-62-59-56-53-50-47-44-31-29-26-23-20-17-14-11-8-5-2/h8-9,11-12,17-18,20-21,26-27,29,44,47-48,53-54,56-57,62,65,74H,4-7,10,13-16,19,22-25,28,30-43,45-46,49-52,55,58-61,63-64,66-73H2,1-3H3/b11-8-,12-9-,20-17-,21-18-,29-26-,47-44-,48-27-,56-53-,57-54-,65-62-. The van der Waals surface area contributed by atoms with E-state index in [1.165, 1.54) is 180 Å². The number of carbonyl (C=O) groups is 3. The third kappa shape index (κ3) is 68.5.